The lowest BCUT2D eigenvalue weighted by Gasteiger charge is -2.37. The van der Waals surface area contributed by atoms with E-state index < -0.39 is 23.8 Å². The average molecular weight is 523 g/mol. The van der Waals surface area contributed by atoms with Crippen molar-refractivity contribution in [1.82, 2.24) is 9.88 Å². The molecule has 1 heterocycles. The number of pyridine rings is 1. The number of aromatic carboxylic acids is 1. The number of carboxylic acids is 1. The van der Waals surface area contributed by atoms with Crippen molar-refractivity contribution in [2.75, 3.05) is 6.54 Å². The topological polar surface area (TPSA) is 100.0 Å². The van der Waals surface area contributed by atoms with E-state index in [0.717, 1.165) is 29.5 Å². The normalized spacial score (nSPS) is 16.0. The van der Waals surface area contributed by atoms with E-state index in [4.69, 9.17) is 16.3 Å². The van der Waals surface area contributed by atoms with Crippen molar-refractivity contribution in [3.63, 3.8) is 0 Å². The number of aryl methyl sites for hydroxylation is 1. The summed E-state index contributed by atoms with van der Waals surface area (Å²) in [6, 6.07) is 16.2. The molecule has 37 heavy (non-hydrogen) atoms. The van der Waals surface area contributed by atoms with Gasteiger partial charge in [0.2, 0.25) is 0 Å². The highest BCUT2D eigenvalue weighted by atomic mass is 35.5. The van der Waals surface area contributed by atoms with Crippen LogP contribution in [0.3, 0.4) is 0 Å². The molecule has 194 valence electrons. The Morgan fingerprint density at radius 1 is 1.08 bits per heavy atom. The van der Waals surface area contributed by atoms with Gasteiger partial charge >= 0.3 is 12.1 Å². The zero-order valence-electron chi connectivity index (χ0n) is 21.1. The summed E-state index contributed by atoms with van der Waals surface area (Å²) in [4.78, 5) is 30.1. The van der Waals surface area contributed by atoms with E-state index in [-0.39, 0.29) is 18.2 Å². The number of aliphatic hydroxyl groups excluding tert-OH is 1. The molecule has 2 aromatic carbocycles. The standard InChI is InChI=1S/C29H31ClN2O5/c1-29(2,3)37-28(36)32(17-25(33)22-11-13-26(30)31-16-22)24-12-10-19-6-9-21(14-23(19)15-24)18-4-7-20(8-5-18)27(34)35/h4-9,11,13-14,16,24-25,33H,10,12,15,17H2,1-3H3,(H,34,35). The number of ether oxygens (including phenoxy) is 1. The molecule has 1 amide bonds. The Kier molecular flexibility index (Phi) is 7.85. The lowest BCUT2D eigenvalue weighted by Crippen LogP contribution is -2.47. The first-order valence-electron chi connectivity index (χ1n) is 12.2. The summed E-state index contributed by atoms with van der Waals surface area (Å²) >= 11 is 5.89. The van der Waals surface area contributed by atoms with Crippen LogP contribution in [0.5, 0.6) is 0 Å². The van der Waals surface area contributed by atoms with Crippen molar-refractivity contribution in [3.8, 4) is 11.1 Å². The molecule has 0 radical (unpaired) electrons. The van der Waals surface area contributed by atoms with Gasteiger partial charge in [0.15, 0.2) is 0 Å². The Hall–Kier alpha value is -3.42. The molecule has 0 aliphatic heterocycles. The fraction of sp³-hybridized carbons (Fsp3) is 0.345. The van der Waals surface area contributed by atoms with Gasteiger partial charge in [0.25, 0.3) is 0 Å². The number of hydrogen-bond donors (Lipinski definition) is 2. The molecule has 0 saturated carbocycles. The third kappa shape index (κ3) is 6.67. The minimum Gasteiger partial charge on any atom is -0.478 e. The minimum atomic E-state index is -0.960. The number of amides is 1. The first kappa shape index (κ1) is 26.6. The van der Waals surface area contributed by atoms with Crippen LogP contribution < -0.4 is 0 Å². The van der Waals surface area contributed by atoms with Gasteiger partial charge in [-0.15, -0.1) is 0 Å². The summed E-state index contributed by atoms with van der Waals surface area (Å²) < 4.78 is 5.71. The largest absolute Gasteiger partial charge is 0.478 e. The monoisotopic (exact) mass is 522 g/mol. The quantitative estimate of drug-likeness (QED) is 0.389. The van der Waals surface area contributed by atoms with Gasteiger partial charge in [-0.05, 0) is 80.5 Å². The summed E-state index contributed by atoms with van der Waals surface area (Å²) in [5, 5.41) is 20.4. The molecule has 1 aromatic heterocycles. The third-order valence-corrected chi connectivity index (χ3v) is 6.67. The predicted octanol–water partition coefficient (Wildman–Crippen LogP) is 5.93. The number of nitrogens with zero attached hydrogens (tertiary/aromatic N) is 2. The Morgan fingerprint density at radius 2 is 1.78 bits per heavy atom. The minimum absolute atomic E-state index is 0.0641. The number of carbonyl (C=O) groups is 2. The summed E-state index contributed by atoms with van der Waals surface area (Å²) in [6.07, 6.45) is 2.24. The second-order valence-electron chi connectivity index (χ2n) is 10.3. The number of rotatable bonds is 6. The van der Waals surface area contributed by atoms with E-state index in [1.54, 1.807) is 41.3 Å². The van der Waals surface area contributed by atoms with Gasteiger partial charge in [0.1, 0.15) is 10.8 Å². The smallest absolute Gasteiger partial charge is 0.410 e. The van der Waals surface area contributed by atoms with Crippen LogP contribution in [0.1, 0.15) is 60.3 Å². The molecule has 3 aromatic rings. The molecule has 8 heteroatoms. The fourth-order valence-electron chi connectivity index (χ4n) is 4.56. The van der Waals surface area contributed by atoms with E-state index in [2.05, 4.69) is 17.1 Å². The van der Waals surface area contributed by atoms with Gasteiger partial charge in [-0.3, -0.25) is 0 Å². The van der Waals surface area contributed by atoms with Crippen LogP contribution in [0.15, 0.2) is 60.8 Å². The molecule has 7 nitrogen and oxygen atoms in total. The van der Waals surface area contributed by atoms with Gasteiger partial charge < -0.3 is 19.8 Å². The van der Waals surface area contributed by atoms with Crippen LogP contribution in [-0.4, -0.2) is 50.3 Å². The maximum atomic E-state index is 13.3. The van der Waals surface area contributed by atoms with E-state index >= 15 is 0 Å². The maximum absolute atomic E-state index is 13.3. The number of fused-ring (bicyclic) bond motifs is 1. The fourth-order valence-corrected chi connectivity index (χ4v) is 4.67. The van der Waals surface area contributed by atoms with Gasteiger partial charge in [-0.25, -0.2) is 14.6 Å². The molecule has 2 N–H and O–H groups in total. The average Bonchev–Trinajstić information content (AvgIpc) is 2.86. The van der Waals surface area contributed by atoms with Crippen molar-refractivity contribution in [2.24, 2.45) is 0 Å². The van der Waals surface area contributed by atoms with Crippen molar-refractivity contribution in [2.45, 2.75) is 57.8 Å². The molecule has 1 aliphatic carbocycles. The SMILES string of the molecule is CC(C)(C)OC(=O)N(CC(O)c1ccc(Cl)nc1)C1CCc2ccc(-c3ccc(C(=O)O)cc3)cc2C1. The number of hydrogen-bond acceptors (Lipinski definition) is 5. The Labute approximate surface area is 221 Å². The van der Waals surface area contributed by atoms with Crippen molar-refractivity contribution in [1.29, 1.82) is 0 Å². The number of aliphatic hydroxyl groups is 1. The Morgan fingerprint density at radius 3 is 2.41 bits per heavy atom. The van der Waals surface area contributed by atoms with Crippen LogP contribution in [0.25, 0.3) is 11.1 Å². The third-order valence-electron chi connectivity index (χ3n) is 6.45. The lowest BCUT2D eigenvalue weighted by molar-refractivity contribution is 0.00191. The molecule has 0 spiro atoms. The number of aromatic nitrogens is 1. The van der Waals surface area contributed by atoms with E-state index in [9.17, 15) is 19.8 Å². The molecule has 0 bridgehead atoms. The highest BCUT2D eigenvalue weighted by Gasteiger charge is 2.33. The number of carboxylic acid groups (broad SMARTS) is 1. The molecule has 2 atom stereocenters. The van der Waals surface area contributed by atoms with E-state index in [1.165, 1.54) is 11.8 Å². The van der Waals surface area contributed by atoms with Gasteiger partial charge in [0.05, 0.1) is 18.2 Å². The highest BCUT2D eigenvalue weighted by molar-refractivity contribution is 6.29. The summed E-state index contributed by atoms with van der Waals surface area (Å²) in [7, 11) is 0. The van der Waals surface area contributed by atoms with E-state index in [0.29, 0.717) is 17.1 Å². The molecular weight excluding hydrogens is 492 g/mol. The number of benzene rings is 2. The molecule has 2 unspecified atom stereocenters. The van der Waals surface area contributed by atoms with Crippen LogP contribution >= 0.6 is 11.6 Å². The van der Waals surface area contributed by atoms with Crippen molar-refractivity contribution < 1.29 is 24.5 Å². The van der Waals surface area contributed by atoms with Crippen LogP contribution in [-0.2, 0) is 17.6 Å². The van der Waals surface area contributed by atoms with E-state index in [1.807, 2.05) is 26.8 Å². The Bertz CT molecular complexity index is 1270. The van der Waals surface area contributed by atoms with Gasteiger partial charge in [-0.1, -0.05) is 48.0 Å². The number of carbonyl (C=O) groups excluding carboxylic acids is 1. The van der Waals surface area contributed by atoms with Crippen molar-refractivity contribution in [3.05, 3.63) is 88.2 Å². The van der Waals surface area contributed by atoms with Crippen LogP contribution in [0.2, 0.25) is 5.15 Å². The zero-order valence-corrected chi connectivity index (χ0v) is 21.9. The zero-order chi connectivity index (χ0) is 26.7. The first-order chi connectivity index (χ1) is 17.5. The summed E-state index contributed by atoms with van der Waals surface area (Å²) in [5.41, 5.74) is 4.37. The molecule has 4 rings (SSSR count). The van der Waals surface area contributed by atoms with Crippen LogP contribution in [0.4, 0.5) is 4.79 Å². The van der Waals surface area contributed by atoms with Gasteiger partial charge in [-0.2, -0.15) is 0 Å². The summed E-state index contributed by atoms with van der Waals surface area (Å²) in [6.45, 7) is 5.52. The molecular formula is C29H31ClN2O5. The van der Waals surface area contributed by atoms with Gasteiger partial charge in [0, 0.05) is 17.8 Å². The first-order valence-corrected chi connectivity index (χ1v) is 12.6. The second kappa shape index (κ2) is 10.9. The summed E-state index contributed by atoms with van der Waals surface area (Å²) in [5.74, 6) is -0.960. The molecule has 0 fully saturated rings. The van der Waals surface area contributed by atoms with Crippen molar-refractivity contribution >= 4 is 23.7 Å². The maximum Gasteiger partial charge on any atom is 0.410 e. The lowest BCUT2D eigenvalue weighted by atomic mass is 9.85. The molecule has 0 saturated heterocycles. The second-order valence-corrected chi connectivity index (χ2v) is 10.7. The molecule has 1 aliphatic rings. The Balaban J connectivity index is 1.58. The predicted molar refractivity (Wildman–Crippen MR) is 142 cm³/mol. The number of halogens is 1. The van der Waals surface area contributed by atoms with Crippen LogP contribution in [0, 0.1) is 0 Å². The highest BCUT2D eigenvalue weighted by Crippen LogP contribution is 2.31.